The average molecular weight is 150 g/mol. The van der Waals surface area contributed by atoms with Gasteiger partial charge in [-0.1, -0.05) is 6.07 Å². The minimum Gasteiger partial charge on any atom is -0.279 e. The van der Waals surface area contributed by atoms with Crippen molar-refractivity contribution in [2.75, 3.05) is 0 Å². The zero-order chi connectivity index (χ0) is 7.40. The Morgan fingerprint density at radius 1 is 1.30 bits per heavy atom. The van der Waals surface area contributed by atoms with Crippen LogP contribution < -0.4 is 4.23 Å². The van der Waals surface area contributed by atoms with Crippen LogP contribution in [0.4, 0.5) is 0 Å². The maximum Gasteiger partial charge on any atom is 0.370 e. The van der Waals surface area contributed by atoms with Crippen LogP contribution in [0.3, 0.4) is 0 Å². The largest absolute Gasteiger partial charge is 0.370 e. The molecule has 0 fully saturated rings. The zero-order valence-corrected chi connectivity index (χ0v) is 7.35. The van der Waals surface area contributed by atoms with E-state index in [9.17, 15) is 0 Å². The number of aromatic nitrogens is 1. The second kappa shape index (κ2) is 3.32. The minimum absolute atomic E-state index is 0.859. The van der Waals surface area contributed by atoms with E-state index in [1.54, 1.807) is 0 Å². The van der Waals surface area contributed by atoms with Crippen molar-refractivity contribution in [3.05, 3.63) is 42.9 Å². The second-order valence-electron chi connectivity index (χ2n) is 2.30. The molecule has 0 amide bonds. The molecule has 1 aromatic heterocycles. The smallest absolute Gasteiger partial charge is 0.279 e. The Morgan fingerprint density at radius 2 is 1.90 bits per heavy atom. The van der Waals surface area contributed by atoms with E-state index in [4.69, 9.17) is 0 Å². The lowest BCUT2D eigenvalue weighted by Gasteiger charge is -1.95. The summed E-state index contributed by atoms with van der Waals surface area (Å²) < 4.78 is 2.24. The Labute approximate surface area is 63.3 Å². The van der Waals surface area contributed by atoms with Crippen LogP contribution in [0, 0.1) is 0 Å². The summed E-state index contributed by atoms with van der Waals surface area (Å²) in [5.74, 6) is 0. The van der Waals surface area contributed by atoms with Gasteiger partial charge in [-0.2, -0.15) is 0 Å². The van der Waals surface area contributed by atoms with E-state index < -0.39 is 8.96 Å². The van der Waals surface area contributed by atoms with Crippen LogP contribution in [0.5, 0.6) is 0 Å². The molecule has 10 heavy (non-hydrogen) atoms. The molecule has 0 aromatic carbocycles. The summed E-state index contributed by atoms with van der Waals surface area (Å²) >= 11 is 0. The highest BCUT2D eigenvalue weighted by atomic mass is 28.3. The Balaban J connectivity index is 2.84. The van der Waals surface area contributed by atoms with Crippen molar-refractivity contribution in [2.24, 2.45) is 0 Å². The fraction of sp³-hybridized carbons (Fsp3) is 0.125. The number of pyridine rings is 1. The van der Waals surface area contributed by atoms with Gasteiger partial charge in [-0.05, 0) is 24.4 Å². The molecule has 0 bridgehead atoms. The van der Waals surface area contributed by atoms with Gasteiger partial charge in [0.05, 0.1) is 0 Å². The molecule has 0 aliphatic carbocycles. The molecule has 1 atom stereocenters. The van der Waals surface area contributed by atoms with E-state index in [-0.39, 0.29) is 0 Å². The molecule has 0 spiro atoms. The normalized spacial score (nSPS) is 12.5. The van der Waals surface area contributed by atoms with Gasteiger partial charge in [-0.15, -0.1) is 6.58 Å². The van der Waals surface area contributed by atoms with E-state index in [1.807, 2.05) is 18.2 Å². The van der Waals surface area contributed by atoms with Gasteiger partial charge in [-0.3, -0.25) is 4.23 Å². The number of nitrogens with zero attached hydrogens (tertiary/aromatic N) is 1. The van der Waals surface area contributed by atoms with Gasteiger partial charge >= 0.3 is 8.96 Å². The van der Waals surface area contributed by atoms with Crippen LogP contribution in [-0.2, 0) is 0 Å². The van der Waals surface area contributed by atoms with Crippen molar-refractivity contribution in [1.82, 2.24) is 0 Å². The van der Waals surface area contributed by atoms with Crippen molar-refractivity contribution < 1.29 is 4.23 Å². The van der Waals surface area contributed by atoms with Crippen molar-refractivity contribution in [1.29, 1.82) is 0 Å². The van der Waals surface area contributed by atoms with E-state index in [0.29, 0.717) is 0 Å². The van der Waals surface area contributed by atoms with E-state index in [1.165, 1.54) is 0 Å². The molecule has 1 heterocycles. The summed E-state index contributed by atoms with van der Waals surface area (Å²) in [6, 6.07) is 6.13. The first-order chi connectivity index (χ1) is 4.84. The Kier molecular flexibility index (Phi) is 2.40. The number of rotatable bonds is 2. The molecular formula is C8H12NSi+. The minimum atomic E-state index is -0.859. The molecule has 1 unspecified atom stereocenters. The third-order valence-electron chi connectivity index (χ3n) is 1.55. The topological polar surface area (TPSA) is 3.88 Å². The van der Waals surface area contributed by atoms with Gasteiger partial charge < -0.3 is 0 Å². The zero-order valence-electron chi connectivity index (χ0n) is 6.20. The fourth-order valence-corrected chi connectivity index (χ4v) is 1.79. The summed E-state index contributed by atoms with van der Waals surface area (Å²) in [6.07, 6.45) is 4.19. The Morgan fingerprint density at radius 3 is 2.40 bits per heavy atom. The highest BCUT2D eigenvalue weighted by Gasteiger charge is 2.08. The lowest BCUT2D eigenvalue weighted by molar-refractivity contribution is -0.535. The van der Waals surface area contributed by atoms with E-state index in [0.717, 1.165) is 0 Å². The first-order valence-corrected chi connectivity index (χ1v) is 5.76. The van der Waals surface area contributed by atoms with Crippen LogP contribution in [0.25, 0.3) is 0 Å². The van der Waals surface area contributed by atoms with Crippen LogP contribution in [0.1, 0.15) is 0 Å². The second-order valence-corrected chi connectivity index (χ2v) is 4.85. The first kappa shape index (κ1) is 7.22. The van der Waals surface area contributed by atoms with Crippen molar-refractivity contribution in [3.63, 3.8) is 0 Å². The molecule has 52 valence electrons. The number of hydrogen-bond acceptors (Lipinski definition) is 0. The van der Waals surface area contributed by atoms with Gasteiger partial charge in [0.15, 0.2) is 0 Å². The maximum absolute atomic E-state index is 3.78. The maximum atomic E-state index is 3.78. The van der Waals surface area contributed by atoms with E-state index in [2.05, 4.69) is 35.5 Å². The quantitative estimate of drug-likeness (QED) is 0.552. The van der Waals surface area contributed by atoms with Crippen LogP contribution in [0.2, 0.25) is 6.55 Å². The molecule has 0 saturated heterocycles. The van der Waals surface area contributed by atoms with Gasteiger partial charge in [0.2, 0.25) is 0 Å². The monoisotopic (exact) mass is 150 g/mol. The summed E-state index contributed by atoms with van der Waals surface area (Å²) in [7, 11) is -0.859. The third kappa shape index (κ3) is 1.54. The Hall–Kier alpha value is -0.893. The Bertz CT molecular complexity index is 208. The third-order valence-corrected chi connectivity index (χ3v) is 3.52. The summed E-state index contributed by atoms with van der Waals surface area (Å²) in [5.41, 5.74) is 2.06. The average Bonchev–Trinajstić information content (AvgIpc) is 2.05. The molecule has 0 aliphatic rings. The summed E-state index contributed by atoms with van der Waals surface area (Å²) in [6.45, 7) is 6.02. The fourth-order valence-electron chi connectivity index (χ4n) is 0.805. The van der Waals surface area contributed by atoms with Crippen LogP contribution in [0.15, 0.2) is 42.9 Å². The van der Waals surface area contributed by atoms with Gasteiger partial charge in [0, 0.05) is 0 Å². The number of hydrogen-bond donors (Lipinski definition) is 0. The highest BCUT2D eigenvalue weighted by Crippen LogP contribution is 1.80. The highest BCUT2D eigenvalue weighted by molar-refractivity contribution is 6.53. The van der Waals surface area contributed by atoms with Crippen LogP contribution in [-0.4, -0.2) is 8.96 Å². The van der Waals surface area contributed by atoms with Gasteiger partial charge in [0.1, 0.15) is 12.4 Å². The predicted octanol–water partition coefficient (Wildman–Crippen LogP) is 0.901. The lowest BCUT2D eigenvalue weighted by atomic mass is 10.5. The van der Waals surface area contributed by atoms with Crippen LogP contribution >= 0.6 is 0 Å². The van der Waals surface area contributed by atoms with Gasteiger partial charge in [0.25, 0.3) is 0 Å². The lowest BCUT2D eigenvalue weighted by Crippen LogP contribution is -2.46. The van der Waals surface area contributed by atoms with Crippen molar-refractivity contribution in [3.8, 4) is 0 Å². The standard InChI is InChI=1S/C8H12NSi/c1-3-10(2)9-7-5-4-6-8-9/h3-8,10H,1H2,2H3/q+1. The molecule has 1 rings (SSSR count). The molecule has 2 heteroatoms. The summed E-state index contributed by atoms with van der Waals surface area (Å²) in [4.78, 5) is 0. The molecule has 0 aliphatic heterocycles. The molecule has 0 radical (unpaired) electrons. The molecule has 0 N–H and O–H groups in total. The predicted molar refractivity (Wildman–Crippen MR) is 45.2 cm³/mol. The first-order valence-electron chi connectivity index (χ1n) is 3.43. The molecular weight excluding hydrogens is 138 g/mol. The molecule has 0 saturated carbocycles. The van der Waals surface area contributed by atoms with Crippen molar-refractivity contribution in [2.45, 2.75) is 6.55 Å². The molecule has 1 nitrogen and oxygen atoms in total. The van der Waals surface area contributed by atoms with E-state index >= 15 is 0 Å². The van der Waals surface area contributed by atoms with Crippen molar-refractivity contribution >= 4 is 8.96 Å². The van der Waals surface area contributed by atoms with Gasteiger partial charge in [-0.25, -0.2) is 0 Å². The summed E-state index contributed by atoms with van der Waals surface area (Å²) in [5, 5.41) is 0. The molecule has 1 aromatic rings. The SMILES string of the molecule is C=C[SiH](C)[n+]1ccccc1.